The third kappa shape index (κ3) is 2.95. The number of aromatic amines is 1. The fraction of sp³-hybridized carbons (Fsp3) is 0.526. The molecule has 1 N–H and O–H groups in total. The van der Waals surface area contributed by atoms with E-state index in [2.05, 4.69) is 15.2 Å². The van der Waals surface area contributed by atoms with Crippen LogP contribution in [0.1, 0.15) is 42.6 Å². The van der Waals surface area contributed by atoms with Crippen LogP contribution in [0.3, 0.4) is 0 Å². The van der Waals surface area contributed by atoms with Gasteiger partial charge in [0.25, 0.3) is 5.91 Å². The lowest BCUT2D eigenvalue weighted by Gasteiger charge is -2.43. The van der Waals surface area contributed by atoms with Crippen LogP contribution in [0, 0.1) is 5.41 Å². The zero-order chi connectivity index (χ0) is 17.3. The molecule has 2 atom stereocenters. The van der Waals surface area contributed by atoms with Crippen molar-refractivity contribution in [2.75, 3.05) is 20.2 Å². The number of hydrogen-bond donors (Lipinski definition) is 1. The summed E-state index contributed by atoms with van der Waals surface area (Å²) in [6, 6.07) is 7.47. The Morgan fingerprint density at radius 2 is 2.20 bits per heavy atom. The van der Waals surface area contributed by atoms with Gasteiger partial charge in [-0.15, -0.1) is 0 Å². The molecule has 6 nitrogen and oxygen atoms in total. The van der Waals surface area contributed by atoms with Gasteiger partial charge in [0.2, 0.25) is 0 Å². The van der Waals surface area contributed by atoms with Crippen LogP contribution in [0.5, 0.6) is 0 Å². The second-order valence-electron chi connectivity index (χ2n) is 7.19. The molecule has 6 heteroatoms. The molecule has 25 heavy (non-hydrogen) atoms. The lowest BCUT2D eigenvalue weighted by atomic mass is 9.76. The van der Waals surface area contributed by atoms with Gasteiger partial charge in [-0.2, -0.15) is 5.10 Å². The first kappa shape index (κ1) is 16.3. The number of rotatable bonds is 3. The number of hydrogen-bond acceptors (Lipinski definition) is 4. The number of amides is 1. The van der Waals surface area contributed by atoms with E-state index < -0.39 is 0 Å². The van der Waals surface area contributed by atoms with E-state index in [0.717, 1.165) is 44.5 Å². The monoisotopic (exact) mass is 340 g/mol. The molecule has 1 saturated heterocycles. The molecule has 1 aliphatic carbocycles. The van der Waals surface area contributed by atoms with Crippen molar-refractivity contribution in [3.8, 4) is 11.4 Å². The largest absolute Gasteiger partial charge is 0.381 e. The van der Waals surface area contributed by atoms with Crippen molar-refractivity contribution >= 4 is 5.91 Å². The van der Waals surface area contributed by atoms with E-state index in [1.165, 1.54) is 6.42 Å². The van der Waals surface area contributed by atoms with E-state index in [-0.39, 0.29) is 17.4 Å². The molecule has 1 spiro atoms. The normalized spacial score (nSPS) is 26.3. The summed E-state index contributed by atoms with van der Waals surface area (Å²) in [5.74, 6) is 0.0236. The van der Waals surface area contributed by atoms with Gasteiger partial charge in [0.1, 0.15) is 11.4 Å². The van der Waals surface area contributed by atoms with Crippen molar-refractivity contribution in [2.45, 2.75) is 38.2 Å². The van der Waals surface area contributed by atoms with Gasteiger partial charge >= 0.3 is 0 Å². The fourth-order valence-corrected chi connectivity index (χ4v) is 4.52. The number of H-pyrrole nitrogens is 1. The van der Waals surface area contributed by atoms with Crippen LogP contribution >= 0.6 is 0 Å². The minimum absolute atomic E-state index is 0.0236. The molecule has 2 aromatic rings. The number of likely N-dealkylation sites (tertiary alicyclic amines) is 1. The number of piperidine rings is 1. The molecule has 1 saturated carbocycles. The smallest absolute Gasteiger partial charge is 0.271 e. The van der Waals surface area contributed by atoms with Crippen LogP contribution in [-0.4, -0.2) is 52.3 Å². The Kier molecular flexibility index (Phi) is 4.29. The zero-order valence-corrected chi connectivity index (χ0v) is 14.6. The number of ether oxygens (including phenoxy) is 1. The summed E-state index contributed by atoms with van der Waals surface area (Å²) in [6.45, 7) is 1.58. The average Bonchev–Trinajstić information content (AvgIpc) is 3.29. The maximum atomic E-state index is 13.0. The molecule has 0 bridgehead atoms. The number of pyridine rings is 1. The number of nitrogens with zero attached hydrogens (tertiary/aromatic N) is 3. The lowest BCUT2D eigenvalue weighted by Crippen LogP contribution is -2.49. The van der Waals surface area contributed by atoms with Crippen LogP contribution in [0.25, 0.3) is 11.4 Å². The second kappa shape index (κ2) is 6.59. The van der Waals surface area contributed by atoms with Crippen LogP contribution in [0.4, 0.5) is 0 Å². The van der Waals surface area contributed by atoms with Gasteiger partial charge in [-0.25, -0.2) is 0 Å². The molecule has 0 unspecified atom stereocenters. The van der Waals surface area contributed by atoms with E-state index in [1.807, 2.05) is 23.1 Å². The quantitative estimate of drug-likeness (QED) is 0.932. The Morgan fingerprint density at radius 3 is 3.00 bits per heavy atom. The lowest BCUT2D eigenvalue weighted by molar-refractivity contribution is -0.0296. The molecule has 1 aliphatic heterocycles. The summed E-state index contributed by atoms with van der Waals surface area (Å²) in [6.07, 6.45) is 7.63. The molecule has 3 heterocycles. The molecule has 1 amide bonds. The van der Waals surface area contributed by atoms with Crippen LogP contribution in [0.15, 0.2) is 30.5 Å². The van der Waals surface area contributed by atoms with E-state index in [1.54, 1.807) is 19.4 Å². The average molecular weight is 340 g/mol. The van der Waals surface area contributed by atoms with Gasteiger partial charge in [-0.05, 0) is 43.9 Å². The zero-order valence-electron chi connectivity index (χ0n) is 14.6. The first-order chi connectivity index (χ1) is 12.2. The molecule has 4 rings (SSSR count). The number of aromatic nitrogens is 3. The van der Waals surface area contributed by atoms with Gasteiger partial charge < -0.3 is 9.64 Å². The van der Waals surface area contributed by atoms with Crippen LogP contribution < -0.4 is 0 Å². The van der Waals surface area contributed by atoms with Crippen molar-refractivity contribution in [3.05, 3.63) is 36.2 Å². The van der Waals surface area contributed by atoms with Crippen molar-refractivity contribution < 1.29 is 9.53 Å². The van der Waals surface area contributed by atoms with Crippen LogP contribution in [0.2, 0.25) is 0 Å². The van der Waals surface area contributed by atoms with Gasteiger partial charge in [0.15, 0.2) is 0 Å². The minimum atomic E-state index is 0.0236. The Hall–Kier alpha value is -2.21. The first-order valence-electron chi connectivity index (χ1n) is 9.01. The Labute approximate surface area is 147 Å². The summed E-state index contributed by atoms with van der Waals surface area (Å²) in [5.41, 5.74) is 2.13. The SMILES string of the molecule is CO[C@@H]1CCC[C@]12CCCN(C(=O)c1cc(-c3ccccn3)n[nH]1)C2. The summed E-state index contributed by atoms with van der Waals surface area (Å²) in [5, 5.41) is 7.16. The molecule has 2 aliphatic rings. The van der Waals surface area contributed by atoms with E-state index in [0.29, 0.717) is 11.4 Å². The highest BCUT2D eigenvalue weighted by molar-refractivity contribution is 5.93. The Morgan fingerprint density at radius 1 is 1.32 bits per heavy atom. The molecule has 0 aromatic carbocycles. The minimum Gasteiger partial charge on any atom is -0.381 e. The Bertz CT molecular complexity index is 745. The molecule has 2 aromatic heterocycles. The van der Waals surface area contributed by atoms with Crippen molar-refractivity contribution in [1.29, 1.82) is 0 Å². The number of carbonyl (C=O) groups is 1. The number of methoxy groups -OCH3 is 1. The number of carbonyl (C=O) groups excluding carboxylic acids is 1. The maximum absolute atomic E-state index is 13.0. The van der Waals surface area contributed by atoms with Gasteiger partial charge in [0.05, 0.1) is 11.8 Å². The van der Waals surface area contributed by atoms with Gasteiger partial charge in [0, 0.05) is 31.8 Å². The van der Waals surface area contributed by atoms with E-state index in [9.17, 15) is 4.79 Å². The molecular formula is C19H24N4O2. The first-order valence-corrected chi connectivity index (χ1v) is 9.01. The van der Waals surface area contributed by atoms with Crippen molar-refractivity contribution in [3.63, 3.8) is 0 Å². The summed E-state index contributed by atoms with van der Waals surface area (Å²) in [7, 11) is 1.80. The molecular weight excluding hydrogens is 316 g/mol. The highest BCUT2D eigenvalue weighted by Crippen LogP contribution is 2.46. The predicted molar refractivity (Wildman–Crippen MR) is 94.0 cm³/mol. The molecule has 132 valence electrons. The summed E-state index contributed by atoms with van der Waals surface area (Å²) in [4.78, 5) is 19.2. The summed E-state index contributed by atoms with van der Waals surface area (Å²) < 4.78 is 5.73. The van der Waals surface area contributed by atoms with Crippen molar-refractivity contribution in [1.82, 2.24) is 20.1 Å². The van der Waals surface area contributed by atoms with Crippen molar-refractivity contribution in [2.24, 2.45) is 5.41 Å². The van der Waals surface area contributed by atoms with Gasteiger partial charge in [-0.3, -0.25) is 14.9 Å². The Balaban J connectivity index is 1.52. The van der Waals surface area contributed by atoms with E-state index >= 15 is 0 Å². The maximum Gasteiger partial charge on any atom is 0.271 e. The highest BCUT2D eigenvalue weighted by Gasteiger charge is 2.46. The van der Waals surface area contributed by atoms with E-state index in [4.69, 9.17) is 4.74 Å². The highest BCUT2D eigenvalue weighted by atomic mass is 16.5. The third-order valence-corrected chi connectivity index (χ3v) is 5.74. The van der Waals surface area contributed by atoms with Gasteiger partial charge in [-0.1, -0.05) is 12.5 Å². The second-order valence-corrected chi connectivity index (χ2v) is 7.19. The standard InChI is InChI=1S/C19H24N4O2/c1-25-17-7-4-8-19(17)9-5-11-23(13-19)18(24)16-12-15(21-22-16)14-6-2-3-10-20-14/h2-3,6,10,12,17H,4-5,7-9,11,13H2,1H3,(H,21,22)/t17-,19-/m1/s1. The number of nitrogens with one attached hydrogen (secondary N) is 1. The predicted octanol–water partition coefficient (Wildman–Crippen LogP) is 2.89. The molecule has 0 radical (unpaired) electrons. The summed E-state index contributed by atoms with van der Waals surface area (Å²) >= 11 is 0. The molecule has 2 fully saturated rings. The third-order valence-electron chi connectivity index (χ3n) is 5.74. The van der Waals surface area contributed by atoms with Crippen LogP contribution in [-0.2, 0) is 4.74 Å². The fourth-order valence-electron chi connectivity index (χ4n) is 4.52. The topological polar surface area (TPSA) is 71.1 Å².